The third kappa shape index (κ3) is 4.57. The summed E-state index contributed by atoms with van der Waals surface area (Å²) in [5.74, 6) is 2.68. The summed E-state index contributed by atoms with van der Waals surface area (Å²) in [5, 5.41) is 10.1. The van der Waals surface area contributed by atoms with Gasteiger partial charge >= 0.3 is 6.09 Å². The van der Waals surface area contributed by atoms with Gasteiger partial charge in [0.15, 0.2) is 0 Å². The molecule has 1 amide bonds. The zero-order valence-electron chi connectivity index (χ0n) is 10.4. The van der Waals surface area contributed by atoms with Gasteiger partial charge in [-0.25, -0.2) is 4.79 Å². The van der Waals surface area contributed by atoms with E-state index in [0.29, 0.717) is 13.0 Å². The lowest BCUT2D eigenvalue weighted by atomic mass is 9.94. The van der Waals surface area contributed by atoms with Crippen LogP contribution in [0.2, 0.25) is 0 Å². The summed E-state index contributed by atoms with van der Waals surface area (Å²) in [6, 6.07) is 0. The quantitative estimate of drug-likeness (QED) is 0.697. The topological polar surface area (TPSA) is 49.8 Å². The smallest absolute Gasteiger partial charge is 0.410 e. The van der Waals surface area contributed by atoms with Crippen molar-refractivity contribution in [3.63, 3.8) is 0 Å². The Morgan fingerprint density at radius 3 is 2.71 bits per heavy atom. The first-order chi connectivity index (χ1) is 7.76. The number of rotatable bonds is 0. The molecule has 5 heteroatoms. The van der Waals surface area contributed by atoms with Crippen molar-refractivity contribution in [3.8, 4) is 10.8 Å². The monoisotopic (exact) mass is 303 g/mol. The maximum atomic E-state index is 11.8. The van der Waals surface area contributed by atoms with Crippen molar-refractivity contribution < 1.29 is 14.6 Å². The molecule has 1 fully saturated rings. The minimum atomic E-state index is -1.13. The van der Waals surface area contributed by atoms with Gasteiger partial charge in [-0.1, -0.05) is 5.92 Å². The summed E-state index contributed by atoms with van der Waals surface area (Å²) < 4.78 is 5.26. The van der Waals surface area contributed by atoms with E-state index in [-0.39, 0.29) is 6.54 Å². The predicted octanol–water partition coefficient (Wildman–Crippen LogP) is 2.10. The van der Waals surface area contributed by atoms with Gasteiger partial charge in [-0.3, -0.25) is 0 Å². The minimum Gasteiger partial charge on any atom is -0.444 e. The van der Waals surface area contributed by atoms with Crippen LogP contribution in [-0.2, 0) is 4.74 Å². The van der Waals surface area contributed by atoms with Crippen molar-refractivity contribution in [2.45, 2.75) is 44.8 Å². The Balaban J connectivity index is 2.66. The van der Waals surface area contributed by atoms with Gasteiger partial charge in [0.05, 0.1) is 6.54 Å². The zero-order valence-corrected chi connectivity index (χ0v) is 12.0. The number of carbonyl (C=O) groups is 1. The second-order valence-corrected chi connectivity index (χ2v) is 5.65. The van der Waals surface area contributed by atoms with E-state index in [1.165, 1.54) is 4.90 Å². The highest BCUT2D eigenvalue weighted by molar-refractivity contribution is 9.12. The van der Waals surface area contributed by atoms with Gasteiger partial charge in [0.1, 0.15) is 11.2 Å². The van der Waals surface area contributed by atoms with Crippen LogP contribution in [0.25, 0.3) is 0 Å². The third-order valence-corrected chi connectivity index (χ3v) is 2.60. The summed E-state index contributed by atoms with van der Waals surface area (Å²) in [7, 11) is 0. The van der Waals surface area contributed by atoms with E-state index in [9.17, 15) is 9.90 Å². The number of hydrogen-bond acceptors (Lipinski definition) is 3. The maximum Gasteiger partial charge on any atom is 0.410 e. The summed E-state index contributed by atoms with van der Waals surface area (Å²) in [6.45, 7) is 6.25. The molecule has 17 heavy (non-hydrogen) atoms. The van der Waals surface area contributed by atoms with Crippen LogP contribution < -0.4 is 0 Å². The van der Waals surface area contributed by atoms with E-state index in [1.54, 1.807) is 0 Å². The molecule has 1 atom stereocenters. The lowest BCUT2D eigenvalue weighted by Crippen LogP contribution is -2.50. The van der Waals surface area contributed by atoms with Crippen molar-refractivity contribution in [2.24, 2.45) is 0 Å². The molecule has 1 saturated heterocycles. The molecule has 0 aromatic carbocycles. The van der Waals surface area contributed by atoms with E-state index in [2.05, 4.69) is 26.7 Å². The van der Waals surface area contributed by atoms with Crippen molar-refractivity contribution in [1.29, 1.82) is 0 Å². The lowest BCUT2D eigenvalue weighted by molar-refractivity contribution is -0.0152. The van der Waals surface area contributed by atoms with Gasteiger partial charge in [0.2, 0.25) is 0 Å². The minimum absolute atomic E-state index is 0.195. The van der Waals surface area contributed by atoms with Crippen LogP contribution in [0.5, 0.6) is 0 Å². The second-order valence-electron chi connectivity index (χ2n) is 5.26. The van der Waals surface area contributed by atoms with Gasteiger partial charge < -0.3 is 14.7 Å². The van der Waals surface area contributed by atoms with Crippen LogP contribution in [-0.4, -0.2) is 40.4 Å². The van der Waals surface area contributed by atoms with Gasteiger partial charge in [-0.2, -0.15) is 0 Å². The van der Waals surface area contributed by atoms with E-state index < -0.39 is 17.3 Å². The number of amides is 1. The molecule has 0 bridgehead atoms. The first kappa shape index (κ1) is 14.3. The summed E-state index contributed by atoms with van der Waals surface area (Å²) in [4.78, 5) is 15.9. The normalized spacial score (nSPS) is 24.9. The number of ether oxygens (including phenoxy) is 1. The number of carbonyl (C=O) groups excluding carboxylic acids is 1. The molecule has 1 aliphatic rings. The van der Waals surface area contributed by atoms with Gasteiger partial charge in [0.25, 0.3) is 0 Å². The molecule has 0 aliphatic carbocycles. The van der Waals surface area contributed by atoms with Gasteiger partial charge in [-0.15, -0.1) is 0 Å². The van der Waals surface area contributed by atoms with Crippen molar-refractivity contribution >= 4 is 22.0 Å². The maximum absolute atomic E-state index is 11.8. The first-order valence-electron chi connectivity index (χ1n) is 5.59. The summed E-state index contributed by atoms with van der Waals surface area (Å²) in [5.41, 5.74) is -1.65. The van der Waals surface area contributed by atoms with Crippen LogP contribution in [0.4, 0.5) is 4.79 Å². The number of hydrogen-bond donors (Lipinski definition) is 1. The molecular weight excluding hydrogens is 286 g/mol. The highest BCUT2D eigenvalue weighted by Gasteiger charge is 2.35. The largest absolute Gasteiger partial charge is 0.444 e. The van der Waals surface area contributed by atoms with E-state index in [1.807, 2.05) is 20.8 Å². The fourth-order valence-electron chi connectivity index (χ4n) is 1.71. The Kier molecular flexibility index (Phi) is 4.45. The lowest BCUT2D eigenvalue weighted by Gasteiger charge is -2.36. The predicted molar refractivity (Wildman–Crippen MR) is 68.7 cm³/mol. The first-order valence-corrected chi connectivity index (χ1v) is 6.38. The molecule has 1 rings (SSSR count). The van der Waals surface area contributed by atoms with Crippen LogP contribution >= 0.6 is 15.9 Å². The molecule has 1 aliphatic heterocycles. The Labute approximate surface area is 110 Å². The van der Waals surface area contributed by atoms with Crippen molar-refractivity contribution in [3.05, 3.63) is 0 Å². The zero-order chi connectivity index (χ0) is 13.1. The van der Waals surface area contributed by atoms with Crippen LogP contribution in [0, 0.1) is 10.8 Å². The number of β-amino-alcohol motifs (C(OH)–C–C–N with tert-alkyl or cyclic N) is 1. The molecule has 0 aromatic heterocycles. The van der Waals surface area contributed by atoms with Crippen LogP contribution in [0.15, 0.2) is 0 Å². The second kappa shape index (κ2) is 5.28. The third-order valence-electron chi connectivity index (χ3n) is 2.40. The number of likely N-dealkylation sites (tertiary alicyclic amines) is 1. The molecule has 1 N–H and O–H groups in total. The Morgan fingerprint density at radius 1 is 1.53 bits per heavy atom. The van der Waals surface area contributed by atoms with Crippen molar-refractivity contribution in [2.75, 3.05) is 13.1 Å². The average molecular weight is 304 g/mol. The van der Waals surface area contributed by atoms with Crippen LogP contribution in [0.1, 0.15) is 33.6 Å². The molecule has 1 unspecified atom stereocenters. The molecular formula is C12H18BrNO3. The molecule has 1 heterocycles. The fraction of sp³-hybridized carbons (Fsp3) is 0.750. The number of halogens is 1. The Morgan fingerprint density at radius 2 is 2.18 bits per heavy atom. The number of aliphatic hydroxyl groups is 1. The molecule has 0 spiro atoms. The average Bonchev–Trinajstić information content (AvgIpc) is 2.14. The molecule has 0 aromatic rings. The van der Waals surface area contributed by atoms with Gasteiger partial charge in [0, 0.05) is 22.5 Å². The van der Waals surface area contributed by atoms with E-state index in [4.69, 9.17) is 4.74 Å². The Bertz CT molecular complexity index is 353. The summed E-state index contributed by atoms with van der Waals surface area (Å²) in [6.07, 6.45) is 0.898. The molecule has 96 valence electrons. The highest BCUT2D eigenvalue weighted by atomic mass is 79.9. The Hall–Kier alpha value is -0.730. The highest BCUT2D eigenvalue weighted by Crippen LogP contribution is 2.22. The van der Waals surface area contributed by atoms with E-state index >= 15 is 0 Å². The molecule has 0 radical (unpaired) electrons. The molecule has 4 nitrogen and oxygen atoms in total. The van der Waals surface area contributed by atoms with Crippen molar-refractivity contribution in [1.82, 2.24) is 4.90 Å². The SMILES string of the molecule is CC(C)(C)OC(=O)N1CCCC(O)(C#CBr)C1. The van der Waals surface area contributed by atoms with Gasteiger partial charge in [-0.05, 0) is 38.4 Å². The fourth-order valence-corrected chi connectivity index (χ4v) is 2.08. The standard InChI is InChI=1S/C12H18BrNO3/c1-11(2,3)17-10(15)14-8-4-5-12(16,9-14)6-7-13/h16H,4-5,8-9H2,1-3H3. The molecule has 0 saturated carbocycles. The van der Waals surface area contributed by atoms with Crippen LogP contribution in [0.3, 0.4) is 0 Å². The number of piperidine rings is 1. The summed E-state index contributed by atoms with van der Waals surface area (Å²) >= 11 is 2.97. The number of nitrogens with zero attached hydrogens (tertiary/aromatic N) is 1. The van der Waals surface area contributed by atoms with E-state index in [0.717, 1.165) is 6.42 Å².